The van der Waals surface area contributed by atoms with E-state index in [0.29, 0.717) is 5.02 Å². The lowest BCUT2D eigenvalue weighted by atomic mass is 10.1. The Kier molecular flexibility index (Phi) is 4.08. The number of rotatable bonds is 2. The average molecular weight is 308 g/mol. The molecule has 5 heteroatoms. The summed E-state index contributed by atoms with van der Waals surface area (Å²) in [7, 11) is 0. The van der Waals surface area contributed by atoms with Crippen molar-refractivity contribution in [1.82, 2.24) is 9.97 Å². The minimum atomic E-state index is 0.290. The van der Waals surface area contributed by atoms with E-state index in [0.717, 1.165) is 30.2 Å². The summed E-state index contributed by atoms with van der Waals surface area (Å²) in [5, 5.41) is 1.00. The molecule has 3 nitrogen and oxygen atoms in total. The predicted octanol–water partition coefficient (Wildman–Crippen LogP) is 4.44. The van der Waals surface area contributed by atoms with E-state index < -0.39 is 0 Å². The van der Waals surface area contributed by atoms with Crippen molar-refractivity contribution in [3.05, 3.63) is 40.6 Å². The molecule has 1 aromatic carbocycles. The van der Waals surface area contributed by atoms with E-state index in [-0.39, 0.29) is 5.28 Å². The molecule has 1 fully saturated rings. The molecule has 1 aliphatic heterocycles. The third-order valence-corrected chi connectivity index (χ3v) is 3.93. The minimum Gasteiger partial charge on any atom is -0.356 e. The first-order chi connectivity index (χ1) is 9.72. The molecule has 0 radical (unpaired) electrons. The van der Waals surface area contributed by atoms with E-state index in [1.165, 1.54) is 19.3 Å². The lowest BCUT2D eigenvalue weighted by Crippen LogP contribution is -2.30. The van der Waals surface area contributed by atoms with E-state index in [1.54, 1.807) is 0 Å². The molecule has 0 atom stereocenters. The maximum atomic E-state index is 6.08. The minimum absolute atomic E-state index is 0.290. The second-order valence-corrected chi connectivity index (χ2v) is 5.71. The number of piperidine rings is 1. The number of hydrogen-bond donors (Lipinski definition) is 0. The largest absolute Gasteiger partial charge is 0.356 e. The Morgan fingerprint density at radius 2 is 1.60 bits per heavy atom. The molecule has 0 spiro atoms. The topological polar surface area (TPSA) is 29.0 Å². The quantitative estimate of drug-likeness (QED) is 0.768. The van der Waals surface area contributed by atoms with Gasteiger partial charge >= 0.3 is 0 Å². The molecule has 2 aromatic rings. The van der Waals surface area contributed by atoms with Crippen LogP contribution in [0.25, 0.3) is 11.3 Å². The Labute approximate surface area is 128 Å². The summed E-state index contributed by atoms with van der Waals surface area (Å²) in [5.41, 5.74) is 1.83. The van der Waals surface area contributed by atoms with E-state index in [4.69, 9.17) is 23.2 Å². The average Bonchev–Trinajstić information content (AvgIpc) is 2.48. The predicted molar refractivity (Wildman–Crippen MR) is 83.6 cm³/mol. The fraction of sp³-hybridized carbons (Fsp3) is 0.333. The highest BCUT2D eigenvalue weighted by molar-refractivity contribution is 6.30. The smallest absolute Gasteiger partial charge is 0.224 e. The van der Waals surface area contributed by atoms with E-state index in [1.807, 2.05) is 30.3 Å². The number of halogens is 2. The van der Waals surface area contributed by atoms with Gasteiger partial charge < -0.3 is 4.90 Å². The fourth-order valence-electron chi connectivity index (χ4n) is 2.46. The molecule has 1 aliphatic rings. The Hall–Kier alpha value is -1.32. The van der Waals surface area contributed by atoms with Gasteiger partial charge in [-0.05, 0) is 43.0 Å². The first-order valence-corrected chi connectivity index (χ1v) is 7.53. The highest BCUT2D eigenvalue weighted by atomic mass is 35.5. The van der Waals surface area contributed by atoms with Crippen LogP contribution in [0.15, 0.2) is 30.3 Å². The van der Waals surface area contributed by atoms with Crippen molar-refractivity contribution in [3.63, 3.8) is 0 Å². The van der Waals surface area contributed by atoms with Crippen molar-refractivity contribution >= 4 is 29.0 Å². The maximum absolute atomic E-state index is 6.08. The van der Waals surface area contributed by atoms with Crippen molar-refractivity contribution in [3.8, 4) is 11.3 Å². The van der Waals surface area contributed by atoms with E-state index >= 15 is 0 Å². The van der Waals surface area contributed by atoms with Crippen LogP contribution in [0.4, 0.5) is 5.82 Å². The Bertz CT molecular complexity index is 593. The molecule has 3 rings (SSSR count). The van der Waals surface area contributed by atoms with Crippen LogP contribution < -0.4 is 4.90 Å². The van der Waals surface area contributed by atoms with Crippen LogP contribution in [-0.2, 0) is 0 Å². The van der Waals surface area contributed by atoms with Crippen LogP contribution in [0.1, 0.15) is 19.3 Å². The number of hydrogen-bond acceptors (Lipinski definition) is 3. The van der Waals surface area contributed by atoms with Gasteiger partial charge in [-0.15, -0.1) is 0 Å². The Morgan fingerprint density at radius 3 is 2.30 bits per heavy atom. The molecule has 0 saturated carbocycles. The maximum Gasteiger partial charge on any atom is 0.224 e. The zero-order valence-electron chi connectivity index (χ0n) is 11.0. The van der Waals surface area contributed by atoms with Crippen LogP contribution >= 0.6 is 23.2 Å². The molecular formula is C15H15Cl2N3. The van der Waals surface area contributed by atoms with Crippen molar-refractivity contribution in [2.24, 2.45) is 0 Å². The number of aromatic nitrogens is 2. The van der Waals surface area contributed by atoms with Gasteiger partial charge in [0.05, 0.1) is 5.69 Å². The molecule has 2 heterocycles. The van der Waals surface area contributed by atoms with Gasteiger partial charge in [-0.3, -0.25) is 0 Å². The Balaban J connectivity index is 1.95. The van der Waals surface area contributed by atoms with Gasteiger partial charge in [-0.25, -0.2) is 9.97 Å². The molecule has 0 unspecified atom stereocenters. The fourth-order valence-corrected chi connectivity index (χ4v) is 2.76. The highest BCUT2D eigenvalue weighted by Crippen LogP contribution is 2.26. The van der Waals surface area contributed by atoms with Crippen molar-refractivity contribution in [1.29, 1.82) is 0 Å². The van der Waals surface area contributed by atoms with Gasteiger partial charge in [0.25, 0.3) is 0 Å². The van der Waals surface area contributed by atoms with E-state index in [9.17, 15) is 0 Å². The van der Waals surface area contributed by atoms with E-state index in [2.05, 4.69) is 14.9 Å². The van der Waals surface area contributed by atoms with Crippen LogP contribution in [-0.4, -0.2) is 23.1 Å². The van der Waals surface area contributed by atoms with Crippen LogP contribution in [0, 0.1) is 0 Å². The van der Waals surface area contributed by atoms with Gasteiger partial charge in [0.1, 0.15) is 5.82 Å². The molecule has 0 amide bonds. The summed E-state index contributed by atoms with van der Waals surface area (Å²) in [6, 6.07) is 9.60. The summed E-state index contributed by atoms with van der Waals surface area (Å²) in [5.74, 6) is 0.912. The summed E-state index contributed by atoms with van der Waals surface area (Å²) in [6.07, 6.45) is 3.70. The van der Waals surface area contributed by atoms with Crippen LogP contribution in [0.3, 0.4) is 0 Å². The van der Waals surface area contributed by atoms with Gasteiger partial charge in [-0.2, -0.15) is 0 Å². The third kappa shape index (κ3) is 3.05. The van der Waals surface area contributed by atoms with Gasteiger partial charge in [0, 0.05) is 29.7 Å². The first-order valence-electron chi connectivity index (χ1n) is 6.78. The number of benzene rings is 1. The van der Waals surface area contributed by atoms with Crippen molar-refractivity contribution in [2.75, 3.05) is 18.0 Å². The van der Waals surface area contributed by atoms with Gasteiger partial charge in [-0.1, -0.05) is 23.7 Å². The molecular weight excluding hydrogens is 293 g/mol. The SMILES string of the molecule is Clc1ccc(-c2cc(N3CCCCC3)nc(Cl)n2)cc1. The Morgan fingerprint density at radius 1 is 0.900 bits per heavy atom. The zero-order valence-corrected chi connectivity index (χ0v) is 12.5. The molecule has 0 bridgehead atoms. The standard InChI is InChI=1S/C15H15Cl2N3/c16-12-6-4-11(5-7-12)13-10-14(19-15(17)18-13)20-8-2-1-3-9-20/h4-7,10H,1-3,8-9H2. The number of nitrogens with zero attached hydrogens (tertiary/aromatic N) is 3. The lowest BCUT2D eigenvalue weighted by Gasteiger charge is -2.27. The zero-order chi connectivity index (χ0) is 13.9. The van der Waals surface area contributed by atoms with Gasteiger partial charge in [0.15, 0.2) is 0 Å². The molecule has 1 saturated heterocycles. The lowest BCUT2D eigenvalue weighted by molar-refractivity contribution is 0.573. The third-order valence-electron chi connectivity index (χ3n) is 3.51. The summed E-state index contributed by atoms with van der Waals surface area (Å²) in [4.78, 5) is 10.9. The molecule has 0 N–H and O–H groups in total. The summed E-state index contributed by atoms with van der Waals surface area (Å²) < 4.78 is 0. The second kappa shape index (κ2) is 5.98. The monoisotopic (exact) mass is 307 g/mol. The molecule has 20 heavy (non-hydrogen) atoms. The first kappa shape index (κ1) is 13.7. The molecule has 0 aliphatic carbocycles. The molecule has 1 aromatic heterocycles. The van der Waals surface area contributed by atoms with Gasteiger partial charge in [0.2, 0.25) is 5.28 Å². The van der Waals surface area contributed by atoms with Crippen LogP contribution in [0.2, 0.25) is 10.3 Å². The van der Waals surface area contributed by atoms with Crippen molar-refractivity contribution < 1.29 is 0 Å². The molecule has 104 valence electrons. The number of anilines is 1. The summed E-state index contributed by atoms with van der Waals surface area (Å²) in [6.45, 7) is 2.07. The van der Waals surface area contributed by atoms with Crippen LogP contribution in [0.5, 0.6) is 0 Å². The second-order valence-electron chi connectivity index (χ2n) is 4.94. The normalized spacial score (nSPS) is 15.4. The summed E-state index contributed by atoms with van der Waals surface area (Å²) >= 11 is 12.0. The van der Waals surface area contributed by atoms with Crippen molar-refractivity contribution in [2.45, 2.75) is 19.3 Å². The highest BCUT2D eigenvalue weighted by Gasteiger charge is 2.14.